The molecule has 0 aromatic rings. The lowest BCUT2D eigenvalue weighted by atomic mass is 9.84. The van der Waals surface area contributed by atoms with Crippen LogP contribution in [0.1, 0.15) is 46.5 Å². The maximum atomic E-state index is 12.6. The molecule has 8 nitrogen and oxygen atoms in total. The molecule has 0 radical (unpaired) electrons. The van der Waals surface area contributed by atoms with E-state index in [-0.39, 0.29) is 41.4 Å². The maximum Gasteiger partial charge on any atom is 0.410 e. The van der Waals surface area contributed by atoms with Crippen LogP contribution in [0.25, 0.3) is 0 Å². The number of halogens is 1. The second-order valence-electron chi connectivity index (χ2n) is 8.44. The van der Waals surface area contributed by atoms with E-state index in [0.29, 0.717) is 25.6 Å². The first-order chi connectivity index (χ1) is 12.5. The number of aliphatic imine (C=N–C) groups is 1. The average Bonchev–Trinajstić information content (AvgIpc) is 3.05. The lowest BCUT2D eigenvalue weighted by Crippen LogP contribution is -2.50. The molecule has 164 valence electrons. The SMILES string of the molecule is CN=C(NCCN(C)C(=O)OC(C)(C)C)NCC1(C(=O)N(C)C)CCCC1.I. The van der Waals surface area contributed by atoms with Crippen LogP contribution in [-0.4, -0.2) is 81.2 Å². The summed E-state index contributed by atoms with van der Waals surface area (Å²) in [7, 11) is 7.02. The molecule has 28 heavy (non-hydrogen) atoms. The largest absolute Gasteiger partial charge is 0.444 e. The average molecular weight is 511 g/mol. The van der Waals surface area contributed by atoms with Crippen molar-refractivity contribution in [2.75, 3.05) is 47.8 Å². The van der Waals surface area contributed by atoms with Gasteiger partial charge in [0.2, 0.25) is 5.91 Å². The molecule has 0 aliphatic heterocycles. The number of amides is 2. The molecule has 0 aromatic heterocycles. The first-order valence-corrected chi connectivity index (χ1v) is 9.61. The first kappa shape index (κ1) is 26.7. The Hall–Kier alpha value is -1.26. The van der Waals surface area contributed by atoms with Crippen molar-refractivity contribution in [3.63, 3.8) is 0 Å². The van der Waals surface area contributed by atoms with Crippen molar-refractivity contribution in [2.45, 2.75) is 52.1 Å². The van der Waals surface area contributed by atoms with Crippen molar-refractivity contribution in [3.05, 3.63) is 0 Å². The zero-order valence-electron chi connectivity index (χ0n) is 18.4. The zero-order chi connectivity index (χ0) is 20.7. The molecule has 0 unspecified atom stereocenters. The fraction of sp³-hybridized carbons (Fsp3) is 0.842. The van der Waals surface area contributed by atoms with E-state index in [2.05, 4.69) is 15.6 Å². The molecule has 0 atom stereocenters. The van der Waals surface area contributed by atoms with Crippen molar-refractivity contribution in [2.24, 2.45) is 10.4 Å². The molecule has 2 N–H and O–H groups in total. The summed E-state index contributed by atoms with van der Waals surface area (Å²) in [4.78, 5) is 32.0. The Bertz CT molecular complexity index is 540. The first-order valence-electron chi connectivity index (χ1n) is 9.61. The molecule has 0 heterocycles. The van der Waals surface area contributed by atoms with Crippen LogP contribution in [0.2, 0.25) is 0 Å². The Morgan fingerprint density at radius 3 is 2.14 bits per heavy atom. The number of carbonyl (C=O) groups excluding carboxylic acids is 2. The summed E-state index contributed by atoms with van der Waals surface area (Å²) < 4.78 is 5.33. The summed E-state index contributed by atoms with van der Waals surface area (Å²) in [6.07, 6.45) is 3.60. The lowest BCUT2D eigenvalue weighted by molar-refractivity contribution is -0.138. The molecule has 0 spiro atoms. The fourth-order valence-electron chi connectivity index (χ4n) is 3.24. The molecule has 1 aliphatic rings. The van der Waals surface area contributed by atoms with Gasteiger partial charge in [0.25, 0.3) is 0 Å². The fourth-order valence-corrected chi connectivity index (χ4v) is 3.24. The molecule has 1 fully saturated rings. The van der Waals surface area contributed by atoms with Crippen molar-refractivity contribution >= 4 is 41.9 Å². The molecular weight excluding hydrogens is 473 g/mol. The lowest BCUT2D eigenvalue weighted by Gasteiger charge is -2.31. The van der Waals surface area contributed by atoms with E-state index in [9.17, 15) is 9.59 Å². The molecule has 0 saturated heterocycles. The van der Waals surface area contributed by atoms with Gasteiger partial charge in [-0.05, 0) is 33.6 Å². The van der Waals surface area contributed by atoms with Gasteiger partial charge >= 0.3 is 6.09 Å². The molecule has 0 aromatic carbocycles. The van der Waals surface area contributed by atoms with Gasteiger partial charge in [-0.3, -0.25) is 9.79 Å². The highest BCUT2D eigenvalue weighted by Gasteiger charge is 2.42. The molecule has 2 amide bonds. The van der Waals surface area contributed by atoms with E-state index in [1.165, 1.54) is 4.90 Å². The van der Waals surface area contributed by atoms with Gasteiger partial charge in [0.1, 0.15) is 5.60 Å². The summed E-state index contributed by atoms with van der Waals surface area (Å²) in [5.74, 6) is 0.804. The van der Waals surface area contributed by atoms with Crippen LogP contribution in [0.5, 0.6) is 0 Å². The van der Waals surface area contributed by atoms with Crippen molar-refractivity contribution < 1.29 is 14.3 Å². The van der Waals surface area contributed by atoms with Crippen LogP contribution in [0.4, 0.5) is 4.79 Å². The van der Waals surface area contributed by atoms with Crippen LogP contribution in [0.3, 0.4) is 0 Å². The van der Waals surface area contributed by atoms with E-state index in [1.54, 1.807) is 19.0 Å². The number of nitrogens with zero attached hydrogens (tertiary/aromatic N) is 3. The van der Waals surface area contributed by atoms with Crippen LogP contribution in [-0.2, 0) is 9.53 Å². The van der Waals surface area contributed by atoms with Gasteiger partial charge in [-0.2, -0.15) is 0 Å². The van der Waals surface area contributed by atoms with Gasteiger partial charge in [-0.1, -0.05) is 12.8 Å². The molecule has 1 saturated carbocycles. The van der Waals surface area contributed by atoms with E-state index < -0.39 is 5.60 Å². The second kappa shape index (κ2) is 11.7. The van der Waals surface area contributed by atoms with Crippen molar-refractivity contribution in [3.8, 4) is 0 Å². The van der Waals surface area contributed by atoms with E-state index in [4.69, 9.17) is 4.74 Å². The number of carbonyl (C=O) groups is 2. The summed E-state index contributed by atoms with van der Waals surface area (Å²) >= 11 is 0. The predicted molar refractivity (Wildman–Crippen MR) is 123 cm³/mol. The normalized spacial score (nSPS) is 16.0. The van der Waals surface area contributed by atoms with Gasteiger partial charge in [0.05, 0.1) is 5.41 Å². The Morgan fingerprint density at radius 2 is 1.68 bits per heavy atom. The zero-order valence-corrected chi connectivity index (χ0v) is 20.8. The van der Waals surface area contributed by atoms with E-state index in [1.807, 2.05) is 34.9 Å². The Kier molecular flexibility index (Phi) is 11.1. The Morgan fingerprint density at radius 1 is 1.11 bits per heavy atom. The maximum absolute atomic E-state index is 12.6. The molecular formula is C19H38IN5O3. The summed E-state index contributed by atoms with van der Waals surface area (Å²) in [5, 5.41) is 6.48. The van der Waals surface area contributed by atoms with Gasteiger partial charge in [0, 0.05) is 47.8 Å². The number of hydrogen-bond acceptors (Lipinski definition) is 4. The topological polar surface area (TPSA) is 86.3 Å². The summed E-state index contributed by atoms with van der Waals surface area (Å²) in [6.45, 7) is 7.11. The third kappa shape index (κ3) is 8.40. The highest BCUT2D eigenvalue weighted by Crippen LogP contribution is 2.38. The number of guanidine groups is 1. The van der Waals surface area contributed by atoms with Gasteiger partial charge in [0.15, 0.2) is 5.96 Å². The highest BCUT2D eigenvalue weighted by molar-refractivity contribution is 14.0. The Labute approximate surface area is 186 Å². The van der Waals surface area contributed by atoms with Crippen LogP contribution < -0.4 is 10.6 Å². The summed E-state index contributed by atoms with van der Waals surface area (Å²) in [6, 6.07) is 0. The number of nitrogens with one attached hydrogen (secondary N) is 2. The summed E-state index contributed by atoms with van der Waals surface area (Å²) in [5.41, 5.74) is -0.862. The molecule has 0 bridgehead atoms. The van der Waals surface area contributed by atoms with Crippen molar-refractivity contribution in [1.29, 1.82) is 0 Å². The smallest absolute Gasteiger partial charge is 0.410 e. The van der Waals surface area contributed by atoms with E-state index >= 15 is 0 Å². The van der Waals surface area contributed by atoms with Crippen LogP contribution >= 0.6 is 24.0 Å². The minimum atomic E-state index is -0.509. The van der Waals surface area contributed by atoms with Crippen LogP contribution in [0.15, 0.2) is 4.99 Å². The van der Waals surface area contributed by atoms with Gasteiger partial charge in [-0.15, -0.1) is 24.0 Å². The number of ether oxygens (including phenoxy) is 1. The third-order valence-corrected chi connectivity index (χ3v) is 4.68. The molecule has 1 rings (SSSR count). The Balaban J connectivity index is 0.00000729. The van der Waals surface area contributed by atoms with Crippen molar-refractivity contribution in [1.82, 2.24) is 20.4 Å². The minimum Gasteiger partial charge on any atom is -0.444 e. The number of hydrogen-bond donors (Lipinski definition) is 2. The highest BCUT2D eigenvalue weighted by atomic mass is 127. The number of rotatable bonds is 6. The third-order valence-electron chi connectivity index (χ3n) is 4.68. The van der Waals surface area contributed by atoms with Gasteiger partial charge in [-0.25, -0.2) is 4.79 Å². The number of likely N-dealkylation sites (N-methyl/N-ethyl adjacent to an activating group) is 1. The minimum absolute atomic E-state index is 0. The molecule has 1 aliphatic carbocycles. The quantitative estimate of drug-likeness (QED) is 0.325. The standard InChI is InChI=1S/C19H37N5O3.HI/c1-18(2,3)27-17(26)24(7)13-12-21-16(20-4)22-14-19(10-8-9-11-19)15(25)23(5)6;/h8-14H2,1-7H3,(H2,20,21,22);1H. The molecule has 9 heteroatoms. The monoisotopic (exact) mass is 511 g/mol. The van der Waals surface area contributed by atoms with Crippen LogP contribution in [0, 0.1) is 5.41 Å². The second-order valence-corrected chi connectivity index (χ2v) is 8.44. The predicted octanol–water partition coefficient (Wildman–Crippen LogP) is 2.28. The van der Waals surface area contributed by atoms with Gasteiger partial charge < -0.3 is 25.2 Å². The van der Waals surface area contributed by atoms with E-state index in [0.717, 1.165) is 25.7 Å².